The lowest BCUT2D eigenvalue weighted by Gasteiger charge is -2.15. The molecule has 4 aromatic rings. The topological polar surface area (TPSA) is 95.0 Å². The molecule has 138 valence electrons. The van der Waals surface area contributed by atoms with Crippen LogP contribution in [0.1, 0.15) is 0 Å². The SMILES string of the molecule is Nc1ccc2c(O)c(N=Nc3ccccc3)ccc2c1NNc1ccccc1. The number of hydrazine groups is 1. The Morgan fingerprint density at radius 3 is 2.11 bits per heavy atom. The second-order valence-electron chi connectivity index (χ2n) is 6.21. The third-order valence-electron chi connectivity index (χ3n) is 4.32. The summed E-state index contributed by atoms with van der Waals surface area (Å²) in [6.07, 6.45) is 0. The van der Waals surface area contributed by atoms with Gasteiger partial charge in [-0.3, -0.25) is 5.43 Å². The molecule has 0 atom stereocenters. The van der Waals surface area contributed by atoms with Gasteiger partial charge in [0.05, 0.1) is 22.7 Å². The number of rotatable bonds is 5. The number of para-hydroxylation sites is 1. The molecule has 0 heterocycles. The van der Waals surface area contributed by atoms with Crippen LogP contribution in [0.2, 0.25) is 0 Å². The third-order valence-corrected chi connectivity index (χ3v) is 4.32. The number of nitrogens with zero attached hydrogens (tertiary/aromatic N) is 2. The Kier molecular flexibility index (Phi) is 4.76. The van der Waals surface area contributed by atoms with E-state index >= 15 is 0 Å². The van der Waals surface area contributed by atoms with E-state index in [9.17, 15) is 5.11 Å². The van der Waals surface area contributed by atoms with E-state index in [0.717, 1.165) is 11.1 Å². The van der Waals surface area contributed by atoms with Crippen LogP contribution in [0, 0.1) is 0 Å². The van der Waals surface area contributed by atoms with Crippen molar-refractivity contribution in [3.05, 3.63) is 84.9 Å². The van der Waals surface area contributed by atoms with E-state index in [0.29, 0.717) is 28.1 Å². The molecule has 0 aromatic heterocycles. The zero-order valence-electron chi connectivity index (χ0n) is 15.0. The van der Waals surface area contributed by atoms with E-state index in [1.165, 1.54) is 0 Å². The van der Waals surface area contributed by atoms with Crippen LogP contribution in [0.15, 0.2) is 95.2 Å². The molecule has 0 unspecified atom stereocenters. The van der Waals surface area contributed by atoms with Crippen molar-refractivity contribution in [3.63, 3.8) is 0 Å². The van der Waals surface area contributed by atoms with Crippen molar-refractivity contribution in [1.29, 1.82) is 0 Å². The number of hydrogen-bond donors (Lipinski definition) is 4. The number of aromatic hydroxyl groups is 1. The fourth-order valence-electron chi connectivity index (χ4n) is 2.88. The highest BCUT2D eigenvalue weighted by molar-refractivity contribution is 6.04. The molecule has 28 heavy (non-hydrogen) atoms. The standard InChI is InChI=1S/C22H19N5O/c23-19-13-11-18-17(21(19)27-25-16-9-5-2-6-10-16)12-14-20(22(18)28)26-24-15-7-3-1-4-8-15/h1-14,25,27-28H,23H2. The largest absolute Gasteiger partial charge is 0.505 e. The van der Waals surface area contributed by atoms with Crippen LogP contribution in [-0.4, -0.2) is 5.11 Å². The summed E-state index contributed by atoms with van der Waals surface area (Å²) in [5.41, 5.74) is 15.7. The number of nitrogens with one attached hydrogen (secondary N) is 2. The van der Waals surface area contributed by atoms with Crippen molar-refractivity contribution in [1.82, 2.24) is 0 Å². The van der Waals surface area contributed by atoms with Gasteiger partial charge in [0.2, 0.25) is 0 Å². The molecule has 0 aliphatic heterocycles. The minimum Gasteiger partial charge on any atom is -0.505 e. The summed E-state index contributed by atoms with van der Waals surface area (Å²) in [6.45, 7) is 0. The van der Waals surface area contributed by atoms with Gasteiger partial charge in [0.15, 0.2) is 5.75 Å². The molecule has 0 amide bonds. The lowest BCUT2D eigenvalue weighted by Crippen LogP contribution is -2.10. The molecule has 0 radical (unpaired) electrons. The normalized spacial score (nSPS) is 11.0. The van der Waals surface area contributed by atoms with E-state index < -0.39 is 0 Å². The van der Waals surface area contributed by atoms with E-state index in [1.807, 2.05) is 66.7 Å². The smallest absolute Gasteiger partial charge is 0.150 e. The molecule has 0 saturated heterocycles. The first-order valence-electron chi connectivity index (χ1n) is 8.80. The maximum absolute atomic E-state index is 10.7. The molecule has 0 aliphatic rings. The zero-order chi connectivity index (χ0) is 19.3. The molecule has 4 rings (SSSR count). The van der Waals surface area contributed by atoms with Gasteiger partial charge in [-0.1, -0.05) is 36.4 Å². The van der Waals surface area contributed by atoms with Gasteiger partial charge in [-0.2, -0.15) is 5.11 Å². The summed E-state index contributed by atoms with van der Waals surface area (Å²) in [7, 11) is 0. The molecular formula is C22H19N5O. The average molecular weight is 369 g/mol. The Labute approximate surface area is 162 Å². The van der Waals surface area contributed by atoms with Crippen molar-refractivity contribution in [2.75, 3.05) is 16.6 Å². The molecule has 6 nitrogen and oxygen atoms in total. The number of hydrogen-bond acceptors (Lipinski definition) is 6. The number of phenols is 1. The first-order chi connectivity index (χ1) is 13.7. The van der Waals surface area contributed by atoms with Gasteiger partial charge in [-0.05, 0) is 48.5 Å². The predicted octanol–water partition coefficient (Wildman–Crippen LogP) is 5.98. The van der Waals surface area contributed by atoms with Gasteiger partial charge >= 0.3 is 0 Å². The van der Waals surface area contributed by atoms with Gasteiger partial charge < -0.3 is 16.3 Å². The second kappa shape index (κ2) is 7.67. The highest BCUT2D eigenvalue weighted by Gasteiger charge is 2.12. The third kappa shape index (κ3) is 3.57. The molecule has 0 fully saturated rings. The van der Waals surface area contributed by atoms with Crippen molar-refractivity contribution in [3.8, 4) is 5.75 Å². The van der Waals surface area contributed by atoms with Gasteiger partial charge in [-0.15, -0.1) is 5.11 Å². The Morgan fingerprint density at radius 2 is 1.36 bits per heavy atom. The highest BCUT2D eigenvalue weighted by atomic mass is 16.3. The van der Waals surface area contributed by atoms with Crippen LogP contribution in [0.5, 0.6) is 5.75 Å². The minimum atomic E-state index is 0.0555. The summed E-state index contributed by atoms with van der Waals surface area (Å²) in [6, 6.07) is 26.2. The molecule has 0 spiro atoms. The van der Waals surface area contributed by atoms with Crippen LogP contribution in [-0.2, 0) is 0 Å². The van der Waals surface area contributed by atoms with Gasteiger partial charge in [-0.25, -0.2) is 0 Å². The van der Waals surface area contributed by atoms with Gasteiger partial charge in [0, 0.05) is 10.8 Å². The summed E-state index contributed by atoms with van der Waals surface area (Å²) in [5, 5.41) is 20.4. The fraction of sp³-hybridized carbons (Fsp3) is 0. The number of phenolic OH excluding ortho intramolecular Hbond substituents is 1. The molecule has 5 N–H and O–H groups in total. The van der Waals surface area contributed by atoms with Crippen LogP contribution < -0.4 is 16.6 Å². The van der Waals surface area contributed by atoms with Crippen molar-refractivity contribution < 1.29 is 5.11 Å². The monoisotopic (exact) mass is 369 g/mol. The van der Waals surface area contributed by atoms with Crippen LogP contribution in [0.4, 0.5) is 28.4 Å². The molecule has 6 heteroatoms. The van der Waals surface area contributed by atoms with E-state index in [-0.39, 0.29) is 5.75 Å². The molecule has 0 saturated carbocycles. The summed E-state index contributed by atoms with van der Waals surface area (Å²) in [4.78, 5) is 0. The molecule has 4 aromatic carbocycles. The number of anilines is 3. The van der Waals surface area contributed by atoms with E-state index in [4.69, 9.17) is 5.73 Å². The van der Waals surface area contributed by atoms with Gasteiger partial charge in [0.1, 0.15) is 5.69 Å². The Bertz CT molecular complexity index is 1130. The van der Waals surface area contributed by atoms with Crippen LogP contribution in [0.3, 0.4) is 0 Å². The average Bonchev–Trinajstić information content (AvgIpc) is 2.74. The van der Waals surface area contributed by atoms with E-state index in [1.54, 1.807) is 18.2 Å². The Hall–Kier alpha value is -4.06. The van der Waals surface area contributed by atoms with Crippen LogP contribution in [0.25, 0.3) is 10.8 Å². The van der Waals surface area contributed by atoms with Crippen molar-refractivity contribution >= 4 is 39.2 Å². The fourth-order valence-corrected chi connectivity index (χ4v) is 2.88. The van der Waals surface area contributed by atoms with Crippen LogP contribution >= 0.6 is 0 Å². The first-order valence-corrected chi connectivity index (χ1v) is 8.80. The summed E-state index contributed by atoms with van der Waals surface area (Å²) in [5.74, 6) is 0.0555. The Balaban J connectivity index is 1.67. The minimum absolute atomic E-state index is 0.0555. The summed E-state index contributed by atoms with van der Waals surface area (Å²) >= 11 is 0. The lowest BCUT2D eigenvalue weighted by atomic mass is 10.1. The lowest BCUT2D eigenvalue weighted by molar-refractivity contribution is 0.482. The second-order valence-corrected chi connectivity index (χ2v) is 6.21. The van der Waals surface area contributed by atoms with Gasteiger partial charge in [0.25, 0.3) is 0 Å². The maximum Gasteiger partial charge on any atom is 0.150 e. The zero-order valence-corrected chi connectivity index (χ0v) is 15.0. The molecule has 0 bridgehead atoms. The predicted molar refractivity (Wildman–Crippen MR) is 114 cm³/mol. The number of fused-ring (bicyclic) bond motifs is 1. The quantitative estimate of drug-likeness (QED) is 0.198. The summed E-state index contributed by atoms with van der Waals surface area (Å²) < 4.78 is 0. The maximum atomic E-state index is 10.7. The Morgan fingerprint density at radius 1 is 0.679 bits per heavy atom. The number of nitrogens with two attached hydrogens (primary N) is 1. The molecular weight excluding hydrogens is 350 g/mol. The van der Waals surface area contributed by atoms with Crippen molar-refractivity contribution in [2.24, 2.45) is 10.2 Å². The highest BCUT2D eigenvalue weighted by Crippen LogP contribution is 2.40. The first kappa shape index (κ1) is 17.4. The van der Waals surface area contributed by atoms with Crippen molar-refractivity contribution in [2.45, 2.75) is 0 Å². The number of nitrogen functional groups attached to an aromatic ring is 1. The molecule has 0 aliphatic carbocycles. The number of azo groups is 1. The number of benzene rings is 4. The van der Waals surface area contributed by atoms with E-state index in [2.05, 4.69) is 21.1 Å².